The summed E-state index contributed by atoms with van der Waals surface area (Å²) < 4.78 is 38.8. The van der Waals surface area contributed by atoms with E-state index in [1.807, 2.05) is 13.8 Å². The average molecular weight is 245 g/mol. The van der Waals surface area contributed by atoms with Crippen LogP contribution in [0.5, 0.6) is 0 Å². The van der Waals surface area contributed by atoms with Gasteiger partial charge in [0.1, 0.15) is 5.82 Å². The molecule has 0 atom stereocenters. The van der Waals surface area contributed by atoms with Crippen LogP contribution in [0.2, 0.25) is 0 Å². The van der Waals surface area contributed by atoms with Crippen LogP contribution in [-0.4, -0.2) is 15.0 Å². The van der Waals surface area contributed by atoms with Crippen molar-refractivity contribution in [3.05, 3.63) is 35.6 Å². The van der Waals surface area contributed by atoms with Crippen molar-refractivity contribution in [1.29, 1.82) is 0 Å². The number of benzene rings is 1. The van der Waals surface area contributed by atoms with Crippen LogP contribution in [0.15, 0.2) is 24.3 Å². The Balaban J connectivity index is 2.70. The highest BCUT2D eigenvalue weighted by Crippen LogP contribution is 2.09. The molecule has 0 bridgehead atoms. The number of halogens is 1. The molecule has 1 aromatic carbocycles. The van der Waals surface area contributed by atoms with E-state index in [1.165, 1.54) is 18.2 Å². The van der Waals surface area contributed by atoms with Crippen LogP contribution in [0.25, 0.3) is 0 Å². The van der Waals surface area contributed by atoms with E-state index in [9.17, 15) is 12.8 Å². The lowest BCUT2D eigenvalue weighted by molar-refractivity contribution is 0.556. The van der Waals surface area contributed by atoms with Gasteiger partial charge < -0.3 is 0 Å². The Morgan fingerprint density at radius 2 is 1.94 bits per heavy atom. The maximum absolute atomic E-state index is 13.2. The fraction of sp³-hybridized carbons (Fsp3) is 0.455. The maximum Gasteiger partial charge on any atom is 0.215 e. The first-order chi connectivity index (χ1) is 7.41. The first kappa shape index (κ1) is 13.1. The maximum atomic E-state index is 13.2. The molecule has 0 unspecified atom stereocenters. The molecule has 0 saturated heterocycles. The predicted molar refractivity (Wildman–Crippen MR) is 61.9 cm³/mol. The molecule has 0 radical (unpaired) electrons. The number of nitrogens with one attached hydrogen (secondary N) is 1. The fourth-order valence-corrected chi connectivity index (χ4v) is 2.50. The minimum atomic E-state index is -3.44. The zero-order valence-electron chi connectivity index (χ0n) is 9.40. The van der Waals surface area contributed by atoms with Crippen molar-refractivity contribution >= 4 is 10.0 Å². The molecule has 0 aliphatic carbocycles. The summed E-state index contributed by atoms with van der Waals surface area (Å²) in [4.78, 5) is 0. The van der Waals surface area contributed by atoms with Gasteiger partial charge in [-0.05, 0) is 12.0 Å². The number of hydrogen-bond acceptors (Lipinski definition) is 2. The summed E-state index contributed by atoms with van der Waals surface area (Å²) in [6, 6.07) is 5.89. The van der Waals surface area contributed by atoms with Crippen molar-refractivity contribution in [3.63, 3.8) is 0 Å². The average Bonchev–Trinajstić information content (AvgIpc) is 2.19. The zero-order valence-corrected chi connectivity index (χ0v) is 10.2. The molecule has 0 aliphatic rings. The first-order valence-electron chi connectivity index (χ1n) is 5.11. The van der Waals surface area contributed by atoms with Crippen LogP contribution in [-0.2, 0) is 15.8 Å². The number of hydrogen-bond donors (Lipinski definition) is 1. The van der Waals surface area contributed by atoms with Crippen LogP contribution in [0, 0.1) is 11.7 Å². The van der Waals surface area contributed by atoms with Gasteiger partial charge in [0, 0.05) is 12.1 Å². The second kappa shape index (κ2) is 5.41. The van der Waals surface area contributed by atoms with Gasteiger partial charge in [0.2, 0.25) is 10.0 Å². The molecule has 90 valence electrons. The Morgan fingerprint density at radius 3 is 2.50 bits per heavy atom. The van der Waals surface area contributed by atoms with Crippen LogP contribution in [0.4, 0.5) is 4.39 Å². The Hall–Kier alpha value is -0.940. The largest absolute Gasteiger partial charge is 0.215 e. The number of rotatable bonds is 5. The van der Waals surface area contributed by atoms with Crippen molar-refractivity contribution in [2.75, 3.05) is 6.54 Å². The van der Waals surface area contributed by atoms with E-state index in [0.29, 0.717) is 6.54 Å². The second-order valence-electron chi connectivity index (χ2n) is 4.09. The van der Waals surface area contributed by atoms with Gasteiger partial charge in [-0.1, -0.05) is 32.0 Å². The third-order valence-corrected chi connectivity index (χ3v) is 3.31. The quantitative estimate of drug-likeness (QED) is 0.861. The summed E-state index contributed by atoms with van der Waals surface area (Å²) in [7, 11) is -3.44. The monoisotopic (exact) mass is 245 g/mol. The molecule has 0 saturated carbocycles. The van der Waals surface area contributed by atoms with Gasteiger partial charge in [-0.25, -0.2) is 17.5 Å². The van der Waals surface area contributed by atoms with E-state index in [0.717, 1.165) is 0 Å². The van der Waals surface area contributed by atoms with Crippen molar-refractivity contribution < 1.29 is 12.8 Å². The molecule has 3 nitrogen and oxygen atoms in total. The van der Waals surface area contributed by atoms with E-state index in [2.05, 4.69) is 4.72 Å². The molecule has 0 heterocycles. The summed E-state index contributed by atoms with van der Waals surface area (Å²) in [5, 5.41) is 0. The molecule has 1 rings (SSSR count). The van der Waals surface area contributed by atoms with Gasteiger partial charge in [0.25, 0.3) is 0 Å². The molecular weight excluding hydrogens is 229 g/mol. The highest BCUT2D eigenvalue weighted by Gasteiger charge is 2.14. The van der Waals surface area contributed by atoms with Crippen molar-refractivity contribution in [3.8, 4) is 0 Å². The highest BCUT2D eigenvalue weighted by atomic mass is 32.2. The Morgan fingerprint density at radius 1 is 1.31 bits per heavy atom. The molecule has 0 aromatic heterocycles. The van der Waals surface area contributed by atoms with E-state index >= 15 is 0 Å². The van der Waals surface area contributed by atoms with Crippen LogP contribution in [0.3, 0.4) is 0 Å². The van der Waals surface area contributed by atoms with E-state index in [1.54, 1.807) is 6.07 Å². The molecular formula is C11H16FNO2S. The van der Waals surface area contributed by atoms with E-state index < -0.39 is 15.8 Å². The highest BCUT2D eigenvalue weighted by molar-refractivity contribution is 7.88. The molecule has 16 heavy (non-hydrogen) atoms. The summed E-state index contributed by atoms with van der Waals surface area (Å²) in [6.45, 7) is 4.19. The van der Waals surface area contributed by atoms with Crippen LogP contribution < -0.4 is 4.72 Å². The summed E-state index contributed by atoms with van der Waals surface area (Å²) in [5.41, 5.74) is 0.193. The van der Waals surface area contributed by atoms with Gasteiger partial charge in [-0.3, -0.25) is 0 Å². The standard InChI is InChI=1S/C11H16FNO2S/c1-9(2)7-13-16(14,15)8-10-5-3-4-6-11(10)12/h3-6,9,13H,7-8H2,1-2H3. The lowest BCUT2D eigenvalue weighted by atomic mass is 10.2. The van der Waals surface area contributed by atoms with E-state index in [4.69, 9.17) is 0 Å². The van der Waals surface area contributed by atoms with Crippen molar-refractivity contribution in [1.82, 2.24) is 4.72 Å². The Bertz CT molecular complexity index is 443. The Labute approximate surface area is 95.7 Å². The zero-order chi connectivity index (χ0) is 12.2. The molecule has 0 amide bonds. The lowest BCUT2D eigenvalue weighted by Gasteiger charge is -2.09. The molecule has 0 spiro atoms. The van der Waals surface area contributed by atoms with Gasteiger partial charge >= 0.3 is 0 Å². The van der Waals surface area contributed by atoms with Crippen molar-refractivity contribution in [2.45, 2.75) is 19.6 Å². The smallest absolute Gasteiger partial charge is 0.215 e. The SMILES string of the molecule is CC(C)CNS(=O)(=O)Cc1ccccc1F. The van der Waals surface area contributed by atoms with Gasteiger partial charge in [-0.15, -0.1) is 0 Å². The number of sulfonamides is 1. The predicted octanol–water partition coefficient (Wildman–Crippen LogP) is 1.90. The lowest BCUT2D eigenvalue weighted by Crippen LogP contribution is -2.28. The van der Waals surface area contributed by atoms with Gasteiger partial charge in [0.05, 0.1) is 5.75 Å². The summed E-state index contributed by atoms with van der Waals surface area (Å²) in [5.74, 6) is -0.570. The minimum absolute atomic E-state index is 0.193. The normalized spacial score (nSPS) is 12.0. The first-order valence-corrected chi connectivity index (χ1v) is 6.76. The molecule has 0 fully saturated rings. The molecule has 0 aliphatic heterocycles. The fourth-order valence-electron chi connectivity index (χ4n) is 1.16. The van der Waals surface area contributed by atoms with Crippen molar-refractivity contribution in [2.24, 2.45) is 5.92 Å². The van der Waals surface area contributed by atoms with Crippen LogP contribution in [0.1, 0.15) is 19.4 Å². The Kier molecular flexibility index (Phi) is 4.44. The summed E-state index contributed by atoms with van der Waals surface area (Å²) >= 11 is 0. The molecule has 1 N–H and O–H groups in total. The second-order valence-corrected chi connectivity index (χ2v) is 5.90. The third kappa shape index (κ3) is 4.28. The van der Waals surface area contributed by atoms with E-state index in [-0.39, 0.29) is 17.2 Å². The molecule has 5 heteroatoms. The minimum Gasteiger partial charge on any atom is -0.215 e. The van der Waals surface area contributed by atoms with Gasteiger partial charge in [-0.2, -0.15) is 0 Å². The van der Waals surface area contributed by atoms with Crippen LogP contribution >= 0.6 is 0 Å². The molecule has 1 aromatic rings. The topological polar surface area (TPSA) is 46.2 Å². The third-order valence-electron chi connectivity index (χ3n) is 2.01. The summed E-state index contributed by atoms with van der Waals surface area (Å²) in [6.07, 6.45) is 0. The van der Waals surface area contributed by atoms with Gasteiger partial charge in [0.15, 0.2) is 0 Å².